The molecule has 0 unspecified atom stereocenters. The van der Waals surface area contributed by atoms with Gasteiger partial charge in [0.05, 0.1) is 12.3 Å². The molecule has 0 radical (unpaired) electrons. The van der Waals surface area contributed by atoms with E-state index in [0.717, 1.165) is 49.4 Å². The van der Waals surface area contributed by atoms with Gasteiger partial charge in [-0.05, 0) is 62.4 Å². The molecular formula is C22H27FN2O2. The van der Waals surface area contributed by atoms with Crippen molar-refractivity contribution in [2.24, 2.45) is 0 Å². The van der Waals surface area contributed by atoms with Crippen LogP contribution in [0.4, 0.5) is 15.8 Å². The van der Waals surface area contributed by atoms with Crippen molar-refractivity contribution in [2.45, 2.75) is 39.0 Å². The summed E-state index contributed by atoms with van der Waals surface area (Å²) >= 11 is 0. The first-order valence-corrected chi connectivity index (χ1v) is 9.66. The van der Waals surface area contributed by atoms with Crippen LogP contribution in [0.15, 0.2) is 42.5 Å². The lowest BCUT2D eigenvalue weighted by atomic mass is 10.2. The number of nitrogens with zero attached hydrogens (tertiary/aromatic N) is 1. The second kappa shape index (κ2) is 9.40. The van der Waals surface area contributed by atoms with Gasteiger partial charge in [-0.1, -0.05) is 18.2 Å². The summed E-state index contributed by atoms with van der Waals surface area (Å²) < 4.78 is 20.0. The molecule has 0 bridgehead atoms. The molecule has 0 atom stereocenters. The molecule has 0 aromatic heterocycles. The molecule has 4 nitrogen and oxygen atoms in total. The maximum absolute atomic E-state index is 14.3. The Morgan fingerprint density at radius 3 is 2.70 bits per heavy atom. The van der Waals surface area contributed by atoms with E-state index in [4.69, 9.17) is 4.74 Å². The number of anilines is 2. The lowest BCUT2D eigenvalue weighted by Gasteiger charge is -2.22. The molecular weight excluding hydrogens is 343 g/mol. The van der Waals surface area contributed by atoms with Crippen molar-refractivity contribution in [3.8, 4) is 5.75 Å². The van der Waals surface area contributed by atoms with Gasteiger partial charge in [0.1, 0.15) is 17.3 Å². The highest BCUT2D eigenvalue weighted by Crippen LogP contribution is 2.31. The minimum atomic E-state index is -0.379. The predicted octanol–water partition coefficient (Wildman–Crippen LogP) is 4.92. The summed E-state index contributed by atoms with van der Waals surface area (Å²) in [5.41, 5.74) is 2.25. The highest BCUT2D eigenvalue weighted by Gasteiger charge is 2.19. The summed E-state index contributed by atoms with van der Waals surface area (Å²) in [7, 11) is 0. The van der Waals surface area contributed by atoms with E-state index in [0.29, 0.717) is 25.1 Å². The molecule has 1 N–H and O–H groups in total. The fourth-order valence-electron chi connectivity index (χ4n) is 3.34. The van der Waals surface area contributed by atoms with Gasteiger partial charge in [0.2, 0.25) is 5.91 Å². The van der Waals surface area contributed by atoms with Crippen LogP contribution in [0.5, 0.6) is 5.75 Å². The monoisotopic (exact) mass is 370 g/mol. The van der Waals surface area contributed by atoms with Crippen molar-refractivity contribution in [3.05, 3.63) is 53.8 Å². The quantitative estimate of drug-likeness (QED) is 0.671. The van der Waals surface area contributed by atoms with Gasteiger partial charge >= 0.3 is 0 Å². The zero-order chi connectivity index (χ0) is 19.1. The normalized spacial score (nSPS) is 13.6. The third-order valence-electron chi connectivity index (χ3n) is 4.76. The van der Waals surface area contributed by atoms with Crippen LogP contribution in [0, 0.1) is 12.7 Å². The molecule has 1 aliphatic heterocycles. The standard InChI is InChI=1S/C22H27FN2O2/c1-17-8-6-9-18(16-17)27-15-5-2-12-21(26)24-22-19(23)10-7-11-20(22)25-13-3-4-14-25/h6-11,16H,2-5,12-15H2,1H3,(H,24,26). The topological polar surface area (TPSA) is 41.6 Å². The van der Waals surface area contributed by atoms with Crippen LogP contribution >= 0.6 is 0 Å². The molecule has 1 saturated heterocycles. The maximum Gasteiger partial charge on any atom is 0.224 e. The van der Waals surface area contributed by atoms with E-state index in [9.17, 15) is 9.18 Å². The van der Waals surface area contributed by atoms with Crippen LogP contribution in [0.1, 0.15) is 37.7 Å². The largest absolute Gasteiger partial charge is 0.494 e. The number of nitrogens with one attached hydrogen (secondary N) is 1. The fourth-order valence-corrected chi connectivity index (χ4v) is 3.34. The number of unbranched alkanes of at least 4 members (excludes halogenated alkanes) is 1. The first kappa shape index (κ1) is 19.2. The number of aryl methyl sites for hydroxylation is 1. The van der Waals surface area contributed by atoms with E-state index in [2.05, 4.69) is 10.2 Å². The van der Waals surface area contributed by atoms with Gasteiger partial charge in [-0.15, -0.1) is 0 Å². The number of benzene rings is 2. The first-order valence-electron chi connectivity index (χ1n) is 9.66. The number of rotatable bonds is 8. The van der Waals surface area contributed by atoms with Crippen LogP contribution in [0.3, 0.4) is 0 Å². The van der Waals surface area contributed by atoms with Crippen molar-refractivity contribution >= 4 is 17.3 Å². The SMILES string of the molecule is Cc1cccc(OCCCCC(=O)Nc2c(F)cccc2N2CCCC2)c1. The number of hydrogen-bond donors (Lipinski definition) is 1. The van der Waals surface area contributed by atoms with Crippen molar-refractivity contribution in [1.82, 2.24) is 0 Å². The number of para-hydroxylation sites is 1. The Hall–Kier alpha value is -2.56. The molecule has 0 aliphatic carbocycles. The Balaban J connectivity index is 1.45. The molecule has 1 aliphatic rings. The number of amides is 1. The zero-order valence-electron chi connectivity index (χ0n) is 15.8. The van der Waals surface area contributed by atoms with Gasteiger partial charge in [0.25, 0.3) is 0 Å². The average Bonchev–Trinajstić information content (AvgIpc) is 3.18. The second-order valence-electron chi connectivity index (χ2n) is 7.00. The van der Waals surface area contributed by atoms with Gasteiger partial charge in [-0.2, -0.15) is 0 Å². The Kier molecular flexibility index (Phi) is 6.69. The third kappa shape index (κ3) is 5.46. The fraction of sp³-hybridized carbons (Fsp3) is 0.409. The third-order valence-corrected chi connectivity index (χ3v) is 4.76. The van der Waals surface area contributed by atoms with E-state index in [1.807, 2.05) is 37.3 Å². The highest BCUT2D eigenvalue weighted by molar-refractivity contribution is 5.94. The minimum absolute atomic E-state index is 0.156. The average molecular weight is 370 g/mol. The highest BCUT2D eigenvalue weighted by atomic mass is 19.1. The molecule has 1 amide bonds. The molecule has 144 valence electrons. The van der Waals surface area contributed by atoms with Crippen molar-refractivity contribution in [1.29, 1.82) is 0 Å². The number of hydrogen-bond acceptors (Lipinski definition) is 3. The summed E-state index contributed by atoms with van der Waals surface area (Å²) in [6.45, 7) is 4.40. The van der Waals surface area contributed by atoms with E-state index in [1.54, 1.807) is 6.07 Å². The first-order chi connectivity index (χ1) is 13.1. The summed E-state index contributed by atoms with van der Waals surface area (Å²) in [5, 5.41) is 2.78. The Bertz CT molecular complexity index is 773. The molecule has 0 spiro atoms. The molecule has 3 rings (SSSR count). The van der Waals surface area contributed by atoms with Crippen LogP contribution in [-0.2, 0) is 4.79 Å². The molecule has 2 aromatic rings. The van der Waals surface area contributed by atoms with Crippen molar-refractivity contribution < 1.29 is 13.9 Å². The summed E-state index contributed by atoms with van der Waals surface area (Å²) in [4.78, 5) is 14.4. The summed E-state index contributed by atoms with van der Waals surface area (Å²) in [6, 6.07) is 12.9. The van der Waals surface area contributed by atoms with Crippen LogP contribution in [0.2, 0.25) is 0 Å². The number of carbonyl (C=O) groups is 1. The Morgan fingerprint density at radius 1 is 1.15 bits per heavy atom. The zero-order valence-corrected chi connectivity index (χ0v) is 15.8. The summed E-state index contributed by atoms with van der Waals surface area (Å²) in [6.07, 6.45) is 4.03. The minimum Gasteiger partial charge on any atom is -0.494 e. The molecule has 1 heterocycles. The molecule has 1 fully saturated rings. The Labute approximate surface area is 160 Å². The maximum atomic E-state index is 14.3. The van der Waals surface area contributed by atoms with Gasteiger partial charge in [0, 0.05) is 19.5 Å². The van der Waals surface area contributed by atoms with Gasteiger partial charge in [-0.25, -0.2) is 4.39 Å². The van der Waals surface area contributed by atoms with Gasteiger partial charge in [-0.3, -0.25) is 4.79 Å². The number of halogens is 1. The predicted molar refractivity (Wildman–Crippen MR) is 107 cm³/mol. The second-order valence-corrected chi connectivity index (χ2v) is 7.00. The van der Waals surface area contributed by atoms with Crippen LogP contribution in [0.25, 0.3) is 0 Å². The Morgan fingerprint density at radius 2 is 1.93 bits per heavy atom. The summed E-state index contributed by atoms with van der Waals surface area (Å²) in [5.74, 6) is 0.313. The van der Waals surface area contributed by atoms with E-state index in [-0.39, 0.29) is 11.7 Å². The lowest BCUT2D eigenvalue weighted by molar-refractivity contribution is -0.116. The van der Waals surface area contributed by atoms with Gasteiger partial charge in [0.15, 0.2) is 0 Å². The molecule has 0 saturated carbocycles. The van der Waals surface area contributed by atoms with Crippen molar-refractivity contribution in [2.75, 3.05) is 29.9 Å². The van der Waals surface area contributed by atoms with Crippen LogP contribution in [-0.4, -0.2) is 25.6 Å². The lowest BCUT2D eigenvalue weighted by Crippen LogP contribution is -2.22. The van der Waals surface area contributed by atoms with E-state index < -0.39 is 0 Å². The van der Waals surface area contributed by atoms with Gasteiger partial charge < -0.3 is 15.0 Å². The van der Waals surface area contributed by atoms with E-state index in [1.165, 1.54) is 6.07 Å². The van der Waals surface area contributed by atoms with Crippen LogP contribution < -0.4 is 15.0 Å². The molecule has 5 heteroatoms. The number of carbonyl (C=O) groups excluding carboxylic acids is 1. The smallest absolute Gasteiger partial charge is 0.224 e. The van der Waals surface area contributed by atoms with E-state index >= 15 is 0 Å². The molecule has 27 heavy (non-hydrogen) atoms. The van der Waals surface area contributed by atoms with Crippen molar-refractivity contribution in [3.63, 3.8) is 0 Å². The molecule has 2 aromatic carbocycles. The number of ether oxygens (including phenoxy) is 1.